The largest absolute Gasteiger partial charge is 0.381 e. The highest BCUT2D eigenvalue weighted by Gasteiger charge is 2.08. The fourth-order valence-corrected chi connectivity index (χ4v) is 1.81. The first kappa shape index (κ1) is 15.2. The first-order chi connectivity index (χ1) is 8.63. The second-order valence-corrected chi connectivity index (χ2v) is 5.15. The zero-order valence-electron chi connectivity index (χ0n) is 11.0. The molecule has 0 atom stereocenters. The molecule has 4 heteroatoms. The van der Waals surface area contributed by atoms with Crippen molar-refractivity contribution in [1.82, 2.24) is 4.90 Å². The van der Waals surface area contributed by atoms with Crippen LogP contribution in [0.15, 0.2) is 28.7 Å². The molecule has 0 fully saturated rings. The number of carbonyl (C=O) groups is 1. The van der Waals surface area contributed by atoms with E-state index in [0.717, 1.165) is 23.1 Å². The Morgan fingerprint density at radius 3 is 2.56 bits per heavy atom. The second-order valence-electron chi connectivity index (χ2n) is 4.24. The molecule has 0 saturated carbocycles. The normalized spacial score (nSPS) is 10.4. The lowest BCUT2D eigenvalue weighted by Crippen LogP contribution is -2.27. The molecule has 100 valence electrons. The van der Waals surface area contributed by atoms with E-state index in [1.54, 1.807) is 4.90 Å². The van der Waals surface area contributed by atoms with Gasteiger partial charge in [-0.05, 0) is 24.1 Å². The predicted octanol–water partition coefficient (Wildman–Crippen LogP) is 3.22. The summed E-state index contributed by atoms with van der Waals surface area (Å²) in [6, 6.07) is 8.00. The minimum atomic E-state index is 0.119. The maximum absolute atomic E-state index is 11.8. The van der Waals surface area contributed by atoms with E-state index in [0.29, 0.717) is 19.6 Å². The predicted molar refractivity (Wildman–Crippen MR) is 76.3 cm³/mol. The molecule has 1 aromatic rings. The van der Waals surface area contributed by atoms with E-state index in [9.17, 15) is 4.79 Å². The second kappa shape index (κ2) is 8.27. The Morgan fingerprint density at radius 1 is 1.28 bits per heavy atom. The van der Waals surface area contributed by atoms with E-state index >= 15 is 0 Å². The summed E-state index contributed by atoms with van der Waals surface area (Å²) >= 11 is 3.39. The van der Waals surface area contributed by atoms with Crippen molar-refractivity contribution in [1.29, 1.82) is 0 Å². The van der Waals surface area contributed by atoms with Crippen LogP contribution >= 0.6 is 15.9 Å². The first-order valence-corrected chi connectivity index (χ1v) is 6.99. The van der Waals surface area contributed by atoms with E-state index in [-0.39, 0.29) is 5.91 Å². The van der Waals surface area contributed by atoms with Gasteiger partial charge in [-0.3, -0.25) is 4.79 Å². The standard InChI is InChI=1S/C14H20BrNO2/c1-3-9-18-10-8-14(17)16(2)11-12-4-6-13(15)7-5-12/h4-7H,3,8-11H2,1-2H3. The van der Waals surface area contributed by atoms with Crippen LogP contribution in [0.5, 0.6) is 0 Å². The topological polar surface area (TPSA) is 29.5 Å². The average molecular weight is 314 g/mol. The number of carbonyl (C=O) groups excluding carboxylic acids is 1. The van der Waals surface area contributed by atoms with Gasteiger partial charge in [0.2, 0.25) is 5.91 Å². The molecule has 0 N–H and O–H groups in total. The Kier molecular flexibility index (Phi) is 6.98. The highest BCUT2D eigenvalue weighted by Crippen LogP contribution is 2.12. The smallest absolute Gasteiger partial charge is 0.224 e. The number of benzene rings is 1. The molecule has 18 heavy (non-hydrogen) atoms. The van der Waals surface area contributed by atoms with Gasteiger partial charge in [0.1, 0.15) is 0 Å². The summed E-state index contributed by atoms with van der Waals surface area (Å²) in [4.78, 5) is 13.5. The van der Waals surface area contributed by atoms with Crippen molar-refractivity contribution in [3.05, 3.63) is 34.3 Å². The van der Waals surface area contributed by atoms with Crippen LogP contribution in [0.2, 0.25) is 0 Å². The fourth-order valence-electron chi connectivity index (χ4n) is 1.55. The van der Waals surface area contributed by atoms with E-state index < -0.39 is 0 Å². The Labute approximate surface area is 117 Å². The maximum Gasteiger partial charge on any atom is 0.224 e. The lowest BCUT2D eigenvalue weighted by molar-refractivity contribution is -0.131. The summed E-state index contributed by atoms with van der Waals surface area (Å²) in [5, 5.41) is 0. The van der Waals surface area contributed by atoms with Gasteiger partial charge < -0.3 is 9.64 Å². The zero-order chi connectivity index (χ0) is 13.4. The van der Waals surface area contributed by atoms with Gasteiger partial charge in [0.25, 0.3) is 0 Å². The van der Waals surface area contributed by atoms with Gasteiger partial charge in [0, 0.05) is 24.7 Å². The summed E-state index contributed by atoms with van der Waals surface area (Å²) < 4.78 is 6.37. The van der Waals surface area contributed by atoms with Crippen molar-refractivity contribution >= 4 is 21.8 Å². The van der Waals surface area contributed by atoms with Gasteiger partial charge in [-0.25, -0.2) is 0 Å². The lowest BCUT2D eigenvalue weighted by Gasteiger charge is -2.17. The number of halogens is 1. The first-order valence-electron chi connectivity index (χ1n) is 6.19. The average Bonchev–Trinajstić information content (AvgIpc) is 2.37. The van der Waals surface area contributed by atoms with Crippen molar-refractivity contribution in [2.24, 2.45) is 0 Å². The quantitative estimate of drug-likeness (QED) is 0.723. The highest BCUT2D eigenvalue weighted by molar-refractivity contribution is 9.10. The number of nitrogens with zero attached hydrogens (tertiary/aromatic N) is 1. The van der Waals surface area contributed by atoms with E-state index in [4.69, 9.17) is 4.74 Å². The van der Waals surface area contributed by atoms with Gasteiger partial charge in [0.05, 0.1) is 13.0 Å². The summed E-state index contributed by atoms with van der Waals surface area (Å²) in [5.41, 5.74) is 1.13. The Bertz CT molecular complexity index is 365. The summed E-state index contributed by atoms with van der Waals surface area (Å²) in [7, 11) is 1.82. The number of ether oxygens (including phenoxy) is 1. The number of hydrogen-bond donors (Lipinski definition) is 0. The summed E-state index contributed by atoms with van der Waals surface area (Å²) in [6.45, 7) is 3.93. The van der Waals surface area contributed by atoms with Crippen molar-refractivity contribution in [2.45, 2.75) is 26.3 Å². The summed E-state index contributed by atoms with van der Waals surface area (Å²) in [5.74, 6) is 0.119. The molecule has 0 aliphatic carbocycles. The van der Waals surface area contributed by atoms with Crippen molar-refractivity contribution in [2.75, 3.05) is 20.3 Å². The Hall–Kier alpha value is -0.870. The molecule has 0 aromatic heterocycles. The maximum atomic E-state index is 11.8. The van der Waals surface area contributed by atoms with Gasteiger partial charge in [-0.1, -0.05) is 35.0 Å². The van der Waals surface area contributed by atoms with Crippen LogP contribution in [0.25, 0.3) is 0 Å². The van der Waals surface area contributed by atoms with Gasteiger partial charge in [0.15, 0.2) is 0 Å². The van der Waals surface area contributed by atoms with E-state index in [1.807, 2.05) is 31.3 Å². The molecule has 0 bridgehead atoms. The minimum absolute atomic E-state index is 0.119. The number of amides is 1. The van der Waals surface area contributed by atoms with Crippen LogP contribution < -0.4 is 0 Å². The van der Waals surface area contributed by atoms with Crippen molar-refractivity contribution in [3.63, 3.8) is 0 Å². The minimum Gasteiger partial charge on any atom is -0.381 e. The molecule has 1 aromatic carbocycles. The molecule has 1 amide bonds. The molecular formula is C14H20BrNO2. The van der Waals surface area contributed by atoms with Crippen LogP contribution in [0.3, 0.4) is 0 Å². The molecule has 0 aliphatic heterocycles. The van der Waals surface area contributed by atoms with Crippen LogP contribution in [0.4, 0.5) is 0 Å². The van der Waals surface area contributed by atoms with Gasteiger partial charge >= 0.3 is 0 Å². The SMILES string of the molecule is CCCOCCC(=O)N(C)Cc1ccc(Br)cc1. The molecule has 0 unspecified atom stereocenters. The third-order valence-corrected chi connectivity index (χ3v) is 3.10. The van der Waals surface area contributed by atoms with E-state index in [1.165, 1.54) is 0 Å². The van der Waals surface area contributed by atoms with Crippen LogP contribution in [0.1, 0.15) is 25.3 Å². The molecule has 1 rings (SSSR count). The third-order valence-electron chi connectivity index (χ3n) is 2.57. The van der Waals surface area contributed by atoms with Gasteiger partial charge in [-0.2, -0.15) is 0 Å². The number of rotatable bonds is 7. The summed E-state index contributed by atoms with van der Waals surface area (Å²) in [6.07, 6.45) is 1.44. The van der Waals surface area contributed by atoms with Crippen LogP contribution in [-0.4, -0.2) is 31.1 Å². The molecule has 3 nitrogen and oxygen atoms in total. The fraction of sp³-hybridized carbons (Fsp3) is 0.500. The molecule has 0 aliphatic rings. The monoisotopic (exact) mass is 313 g/mol. The highest BCUT2D eigenvalue weighted by atomic mass is 79.9. The third kappa shape index (κ3) is 5.65. The molecule has 0 saturated heterocycles. The van der Waals surface area contributed by atoms with Crippen molar-refractivity contribution < 1.29 is 9.53 Å². The Morgan fingerprint density at radius 2 is 1.94 bits per heavy atom. The molecule has 0 radical (unpaired) electrons. The van der Waals surface area contributed by atoms with Crippen molar-refractivity contribution in [3.8, 4) is 0 Å². The lowest BCUT2D eigenvalue weighted by atomic mass is 10.2. The molecular weight excluding hydrogens is 294 g/mol. The van der Waals surface area contributed by atoms with E-state index in [2.05, 4.69) is 22.9 Å². The molecule has 0 heterocycles. The Balaban J connectivity index is 2.33. The van der Waals surface area contributed by atoms with Crippen LogP contribution in [0, 0.1) is 0 Å². The van der Waals surface area contributed by atoms with Gasteiger partial charge in [-0.15, -0.1) is 0 Å². The van der Waals surface area contributed by atoms with Crippen LogP contribution in [-0.2, 0) is 16.1 Å². The number of hydrogen-bond acceptors (Lipinski definition) is 2. The molecule has 0 spiro atoms. The zero-order valence-corrected chi connectivity index (χ0v) is 12.6.